The van der Waals surface area contributed by atoms with Crippen molar-refractivity contribution in [2.24, 2.45) is 5.92 Å². The molecule has 0 saturated heterocycles. The molecule has 24 heavy (non-hydrogen) atoms. The van der Waals surface area contributed by atoms with Crippen LogP contribution in [0.3, 0.4) is 0 Å². The highest BCUT2D eigenvalue weighted by Gasteiger charge is 2.68. The van der Waals surface area contributed by atoms with Gasteiger partial charge in [-0.25, -0.2) is 0 Å². The molecule has 0 amide bonds. The largest absolute Gasteiger partial charge is 0.504 e. The number of ketones is 1. The smallest absolute Gasteiger partial charge is 0.161 e. The second-order valence-corrected chi connectivity index (χ2v) is 7.82. The lowest BCUT2D eigenvalue weighted by atomic mass is 9.61. The molecule has 1 aromatic rings. The van der Waals surface area contributed by atoms with E-state index in [1.807, 2.05) is 12.1 Å². The molecule has 4 heteroatoms. The number of phenolic OH excluding ortho intramolecular Hbond substituents is 1. The first-order chi connectivity index (χ1) is 11.5. The lowest BCUT2D eigenvalue weighted by Gasteiger charge is -2.45. The first-order valence-corrected chi connectivity index (χ1v) is 8.75. The number of aromatic hydroxyl groups is 1. The van der Waals surface area contributed by atoms with E-state index in [1.165, 1.54) is 5.56 Å². The van der Waals surface area contributed by atoms with Crippen molar-refractivity contribution in [2.45, 2.75) is 49.5 Å². The fourth-order valence-corrected chi connectivity index (χ4v) is 5.97. The summed E-state index contributed by atoms with van der Waals surface area (Å²) in [5.41, 5.74) is 1.82. The summed E-state index contributed by atoms with van der Waals surface area (Å²) in [5, 5.41) is 14.5. The third-order valence-electron chi connectivity index (χ3n) is 6.68. The van der Waals surface area contributed by atoms with Gasteiger partial charge in [0.1, 0.15) is 5.78 Å². The highest BCUT2D eigenvalue weighted by molar-refractivity contribution is 5.83. The molecule has 2 saturated carbocycles. The van der Waals surface area contributed by atoms with E-state index in [0.717, 1.165) is 24.9 Å². The molecule has 1 spiro atoms. The van der Waals surface area contributed by atoms with Crippen LogP contribution in [0, 0.1) is 5.92 Å². The molecule has 4 nitrogen and oxygen atoms in total. The van der Waals surface area contributed by atoms with Crippen molar-refractivity contribution in [3.05, 3.63) is 35.9 Å². The van der Waals surface area contributed by atoms with Crippen LogP contribution in [0.2, 0.25) is 0 Å². The first kappa shape index (κ1) is 15.7. The lowest BCUT2D eigenvalue weighted by Crippen LogP contribution is -2.52. The van der Waals surface area contributed by atoms with Gasteiger partial charge in [0.25, 0.3) is 0 Å². The Morgan fingerprint density at radius 1 is 1.50 bits per heavy atom. The zero-order valence-corrected chi connectivity index (χ0v) is 14.4. The van der Waals surface area contributed by atoms with Crippen LogP contribution in [0.5, 0.6) is 11.5 Å². The molecule has 0 heterocycles. The molecule has 0 aromatic heterocycles. The summed E-state index contributed by atoms with van der Waals surface area (Å²) in [6.45, 7) is 6.86. The van der Waals surface area contributed by atoms with Crippen LogP contribution >= 0.6 is 0 Å². The van der Waals surface area contributed by atoms with Crippen molar-refractivity contribution in [1.82, 2.24) is 5.32 Å². The van der Waals surface area contributed by atoms with Gasteiger partial charge < -0.3 is 15.2 Å². The van der Waals surface area contributed by atoms with Gasteiger partial charge in [-0.2, -0.15) is 0 Å². The summed E-state index contributed by atoms with van der Waals surface area (Å²) in [4.78, 5) is 12.3. The fourth-order valence-electron chi connectivity index (χ4n) is 5.97. The average Bonchev–Trinajstić information content (AvgIpc) is 2.95. The van der Waals surface area contributed by atoms with Crippen molar-refractivity contribution >= 4 is 5.78 Å². The van der Waals surface area contributed by atoms with Gasteiger partial charge >= 0.3 is 0 Å². The number of methoxy groups -OCH3 is 1. The SMILES string of the molecule is C=CCNC1C2CCC(=O)C[C@]23CC1(C)c1ccc(OC)c(O)c13. The van der Waals surface area contributed by atoms with Crippen molar-refractivity contribution in [2.75, 3.05) is 13.7 Å². The number of carbonyl (C=O) groups is 1. The highest BCUT2D eigenvalue weighted by atomic mass is 16.5. The summed E-state index contributed by atoms with van der Waals surface area (Å²) >= 11 is 0. The third-order valence-corrected chi connectivity index (χ3v) is 6.68. The Balaban J connectivity index is 1.92. The number of rotatable bonds is 4. The average molecular weight is 327 g/mol. The van der Waals surface area contributed by atoms with Gasteiger partial charge in [0.15, 0.2) is 11.5 Å². The van der Waals surface area contributed by atoms with E-state index in [-0.39, 0.29) is 16.6 Å². The summed E-state index contributed by atoms with van der Waals surface area (Å²) < 4.78 is 5.34. The Hall–Kier alpha value is -1.81. The van der Waals surface area contributed by atoms with Gasteiger partial charge in [-0.3, -0.25) is 4.79 Å². The molecule has 2 bridgehead atoms. The zero-order valence-electron chi connectivity index (χ0n) is 14.4. The van der Waals surface area contributed by atoms with Gasteiger partial charge in [-0.05, 0) is 30.4 Å². The van der Waals surface area contributed by atoms with Crippen molar-refractivity contribution in [3.8, 4) is 11.5 Å². The maximum atomic E-state index is 12.3. The molecule has 2 N–H and O–H groups in total. The number of nitrogens with one attached hydrogen (secondary N) is 1. The van der Waals surface area contributed by atoms with Gasteiger partial charge in [-0.15, -0.1) is 6.58 Å². The molecule has 3 aliphatic carbocycles. The Morgan fingerprint density at radius 2 is 2.29 bits per heavy atom. The Kier molecular flexibility index (Phi) is 3.33. The van der Waals surface area contributed by atoms with Crippen LogP contribution in [0.1, 0.15) is 43.7 Å². The molecule has 2 fully saturated rings. The molecule has 3 aliphatic rings. The highest BCUT2D eigenvalue weighted by Crippen LogP contribution is 2.69. The molecule has 4 rings (SSSR count). The summed E-state index contributed by atoms with van der Waals surface area (Å²) in [6, 6.07) is 4.24. The third kappa shape index (κ3) is 1.75. The number of ether oxygens (including phenoxy) is 1. The van der Waals surface area contributed by atoms with Crippen LogP contribution in [-0.4, -0.2) is 30.6 Å². The van der Waals surface area contributed by atoms with E-state index in [2.05, 4.69) is 24.9 Å². The standard InChI is InChI=1S/C20H25NO3/c1-4-9-21-18-14-6-5-12(22)10-20(14)11-19(18,2)13-7-8-15(24-3)17(23)16(13)20/h4,7-8,14,18,21,23H,1,5-6,9-11H2,2-3H3/t14?,18?,19?,20-/m0/s1. The molecule has 128 valence electrons. The monoisotopic (exact) mass is 327 g/mol. The van der Waals surface area contributed by atoms with Crippen LogP contribution in [-0.2, 0) is 15.6 Å². The van der Waals surface area contributed by atoms with Gasteiger partial charge in [0, 0.05) is 41.8 Å². The van der Waals surface area contributed by atoms with Crippen molar-refractivity contribution < 1.29 is 14.6 Å². The van der Waals surface area contributed by atoms with Gasteiger partial charge in [-0.1, -0.05) is 19.1 Å². The lowest BCUT2D eigenvalue weighted by molar-refractivity contribution is -0.123. The predicted molar refractivity (Wildman–Crippen MR) is 92.6 cm³/mol. The number of benzene rings is 1. The van der Waals surface area contributed by atoms with E-state index in [0.29, 0.717) is 36.3 Å². The van der Waals surface area contributed by atoms with E-state index in [9.17, 15) is 9.90 Å². The summed E-state index contributed by atoms with van der Waals surface area (Å²) in [7, 11) is 1.58. The Labute approximate surface area is 142 Å². The van der Waals surface area contributed by atoms with Crippen LogP contribution in [0.15, 0.2) is 24.8 Å². The molecule has 0 aliphatic heterocycles. The van der Waals surface area contributed by atoms with E-state index < -0.39 is 0 Å². The van der Waals surface area contributed by atoms with Crippen LogP contribution in [0.4, 0.5) is 0 Å². The number of Topliss-reactive ketones (excluding diaryl/α,β-unsaturated/α-hetero) is 1. The molecule has 1 aromatic carbocycles. The first-order valence-electron chi connectivity index (χ1n) is 8.75. The molecule has 4 atom stereocenters. The van der Waals surface area contributed by atoms with E-state index in [1.54, 1.807) is 7.11 Å². The number of hydrogen-bond acceptors (Lipinski definition) is 4. The molecular weight excluding hydrogens is 302 g/mol. The number of hydrogen-bond donors (Lipinski definition) is 2. The summed E-state index contributed by atoms with van der Waals surface area (Å²) in [6.07, 6.45) is 4.88. The Bertz CT molecular complexity index is 728. The van der Waals surface area contributed by atoms with Crippen LogP contribution < -0.4 is 10.1 Å². The maximum absolute atomic E-state index is 12.3. The Morgan fingerprint density at radius 3 is 3.00 bits per heavy atom. The fraction of sp³-hybridized carbons (Fsp3) is 0.550. The van der Waals surface area contributed by atoms with Gasteiger partial charge in [0.2, 0.25) is 0 Å². The maximum Gasteiger partial charge on any atom is 0.161 e. The van der Waals surface area contributed by atoms with Crippen LogP contribution in [0.25, 0.3) is 0 Å². The summed E-state index contributed by atoms with van der Waals surface area (Å²) in [5.74, 6) is 1.42. The number of phenols is 1. The minimum absolute atomic E-state index is 0.0720. The molecule has 0 radical (unpaired) electrons. The molecule has 3 unspecified atom stereocenters. The topological polar surface area (TPSA) is 58.6 Å². The number of carbonyl (C=O) groups excluding carboxylic acids is 1. The van der Waals surface area contributed by atoms with Gasteiger partial charge in [0.05, 0.1) is 7.11 Å². The quantitative estimate of drug-likeness (QED) is 0.835. The predicted octanol–water partition coefficient (Wildman–Crippen LogP) is 2.83. The minimum Gasteiger partial charge on any atom is -0.504 e. The van der Waals surface area contributed by atoms with E-state index in [4.69, 9.17) is 4.74 Å². The second kappa shape index (κ2) is 5.09. The van der Waals surface area contributed by atoms with Crippen molar-refractivity contribution in [3.63, 3.8) is 0 Å². The number of fused-ring (bicyclic) bond motifs is 3. The molecular formula is C20H25NO3. The normalized spacial score (nSPS) is 36.3. The zero-order chi connectivity index (χ0) is 17.1. The van der Waals surface area contributed by atoms with Crippen molar-refractivity contribution in [1.29, 1.82) is 0 Å². The van der Waals surface area contributed by atoms with E-state index >= 15 is 0 Å². The second-order valence-electron chi connectivity index (χ2n) is 7.82. The minimum atomic E-state index is -0.253.